The molecule has 0 saturated heterocycles. The van der Waals surface area contributed by atoms with Gasteiger partial charge in [-0.05, 0) is 10.8 Å². The van der Waals surface area contributed by atoms with Gasteiger partial charge < -0.3 is 0 Å². The SMILES string of the molecule is O=S(=O)(O)C(F)(F)F.O=S(=O)(O)C(F)(F)F.c1ccc2ccccc2c1. The first-order valence-corrected chi connectivity index (χ1v) is 8.86. The summed E-state index contributed by atoms with van der Waals surface area (Å²) < 4.78 is 115. The number of halogens is 6. The molecule has 0 spiro atoms. The smallest absolute Gasteiger partial charge is 0.279 e. The Morgan fingerprint density at radius 1 is 0.577 bits per heavy atom. The third-order valence-corrected chi connectivity index (χ3v) is 3.41. The van der Waals surface area contributed by atoms with Crippen LogP contribution >= 0.6 is 0 Å². The van der Waals surface area contributed by atoms with E-state index < -0.39 is 31.3 Å². The molecule has 0 saturated carbocycles. The number of hydrogen-bond acceptors (Lipinski definition) is 4. The van der Waals surface area contributed by atoms with Crippen LogP contribution in [-0.4, -0.2) is 37.0 Å². The van der Waals surface area contributed by atoms with Gasteiger partial charge in [-0.3, -0.25) is 9.11 Å². The average molecular weight is 428 g/mol. The maximum absolute atomic E-state index is 10.7. The Kier molecular flexibility index (Phi) is 8.02. The van der Waals surface area contributed by atoms with Crippen molar-refractivity contribution in [1.82, 2.24) is 0 Å². The van der Waals surface area contributed by atoms with Crippen LogP contribution in [-0.2, 0) is 20.2 Å². The molecule has 0 aromatic heterocycles. The van der Waals surface area contributed by atoms with Crippen LogP contribution in [0.3, 0.4) is 0 Å². The summed E-state index contributed by atoms with van der Waals surface area (Å²) in [6, 6.07) is 16.7. The molecule has 0 unspecified atom stereocenters. The molecule has 26 heavy (non-hydrogen) atoms. The zero-order valence-corrected chi connectivity index (χ0v) is 13.9. The van der Waals surface area contributed by atoms with Crippen molar-refractivity contribution in [3.05, 3.63) is 48.5 Å². The van der Waals surface area contributed by atoms with Gasteiger partial charge in [-0.2, -0.15) is 43.2 Å². The largest absolute Gasteiger partial charge is 0.522 e. The molecule has 2 rings (SSSR count). The fourth-order valence-corrected chi connectivity index (χ4v) is 1.13. The minimum absolute atomic E-state index is 1.31. The van der Waals surface area contributed by atoms with Crippen molar-refractivity contribution in [3.8, 4) is 0 Å². The van der Waals surface area contributed by atoms with Crippen molar-refractivity contribution in [2.75, 3.05) is 0 Å². The van der Waals surface area contributed by atoms with Gasteiger partial charge in [0.15, 0.2) is 0 Å². The lowest BCUT2D eigenvalue weighted by molar-refractivity contribution is -0.0514. The molecule has 2 aromatic carbocycles. The van der Waals surface area contributed by atoms with Crippen molar-refractivity contribution in [1.29, 1.82) is 0 Å². The van der Waals surface area contributed by atoms with Gasteiger partial charge in [-0.1, -0.05) is 48.5 Å². The highest BCUT2D eigenvalue weighted by molar-refractivity contribution is 7.86. The average Bonchev–Trinajstić information content (AvgIpc) is 2.44. The van der Waals surface area contributed by atoms with Gasteiger partial charge in [0.05, 0.1) is 0 Å². The lowest BCUT2D eigenvalue weighted by atomic mass is 10.1. The predicted molar refractivity (Wildman–Crippen MR) is 79.2 cm³/mol. The monoisotopic (exact) mass is 428 g/mol. The van der Waals surface area contributed by atoms with E-state index in [-0.39, 0.29) is 0 Å². The Hall–Kier alpha value is -1.90. The van der Waals surface area contributed by atoms with E-state index in [0.717, 1.165) is 0 Å². The summed E-state index contributed by atoms with van der Waals surface area (Å²) in [6.07, 6.45) is 0. The van der Waals surface area contributed by atoms with Gasteiger partial charge in [0.2, 0.25) is 0 Å². The molecule has 0 fully saturated rings. The standard InChI is InChI=1S/C10H8.2CHF3O3S/c1-2-6-10-8-4-3-7-9(10)5-1;2*2-1(3,4)8(5,6)7/h1-8H;2*(H,5,6,7). The molecule has 2 aromatic rings. The van der Waals surface area contributed by atoms with E-state index >= 15 is 0 Å². The van der Waals surface area contributed by atoms with Gasteiger partial charge in [0, 0.05) is 0 Å². The molecular formula is C12H10F6O6S2. The third-order valence-electron chi connectivity index (χ3n) is 2.24. The summed E-state index contributed by atoms with van der Waals surface area (Å²) in [4.78, 5) is 0. The molecule has 0 atom stereocenters. The molecule has 0 radical (unpaired) electrons. The predicted octanol–water partition coefficient (Wildman–Crippen LogP) is 3.63. The second kappa shape index (κ2) is 8.66. The molecular weight excluding hydrogens is 418 g/mol. The highest BCUT2D eigenvalue weighted by Gasteiger charge is 2.45. The van der Waals surface area contributed by atoms with E-state index in [1.54, 1.807) is 0 Å². The van der Waals surface area contributed by atoms with Gasteiger partial charge in [-0.15, -0.1) is 0 Å². The molecule has 0 aliphatic heterocycles. The molecule has 0 bridgehead atoms. The molecule has 0 aliphatic rings. The number of hydrogen-bond donors (Lipinski definition) is 2. The Morgan fingerprint density at radius 3 is 0.846 bits per heavy atom. The quantitative estimate of drug-likeness (QED) is 0.377. The van der Waals surface area contributed by atoms with Crippen molar-refractivity contribution >= 4 is 31.0 Å². The zero-order valence-electron chi connectivity index (χ0n) is 12.2. The van der Waals surface area contributed by atoms with E-state index in [1.807, 2.05) is 0 Å². The van der Waals surface area contributed by atoms with Crippen LogP contribution in [0.2, 0.25) is 0 Å². The fourth-order valence-electron chi connectivity index (χ4n) is 1.13. The minimum Gasteiger partial charge on any atom is -0.279 e. The number of rotatable bonds is 0. The van der Waals surface area contributed by atoms with E-state index in [4.69, 9.17) is 25.9 Å². The second-order valence-corrected chi connectivity index (χ2v) is 7.01. The molecule has 14 heteroatoms. The van der Waals surface area contributed by atoms with Crippen LogP contribution in [0.4, 0.5) is 26.3 Å². The highest BCUT2D eigenvalue weighted by Crippen LogP contribution is 2.21. The molecule has 0 aliphatic carbocycles. The van der Waals surface area contributed by atoms with Crippen LogP contribution in [0, 0.1) is 0 Å². The third kappa shape index (κ3) is 8.46. The zero-order chi connectivity index (χ0) is 20.8. The normalized spacial score (nSPS) is 12.5. The first kappa shape index (κ1) is 24.1. The summed E-state index contributed by atoms with van der Waals surface area (Å²) in [5, 5.41) is 2.62. The van der Waals surface area contributed by atoms with Crippen LogP contribution < -0.4 is 0 Å². The van der Waals surface area contributed by atoms with Crippen molar-refractivity contribution in [2.24, 2.45) is 0 Å². The molecule has 148 valence electrons. The van der Waals surface area contributed by atoms with Gasteiger partial charge in [0.25, 0.3) is 0 Å². The topological polar surface area (TPSA) is 109 Å². The number of benzene rings is 2. The number of fused-ring (bicyclic) bond motifs is 1. The van der Waals surface area contributed by atoms with E-state index in [1.165, 1.54) is 10.8 Å². The summed E-state index contributed by atoms with van der Waals surface area (Å²) in [7, 11) is -11.7. The number of alkyl halides is 6. The van der Waals surface area contributed by atoms with E-state index in [9.17, 15) is 26.3 Å². The summed E-state index contributed by atoms with van der Waals surface area (Å²) in [6.45, 7) is 0. The Labute approximate surface area is 143 Å². The molecule has 0 amide bonds. The summed E-state index contributed by atoms with van der Waals surface area (Å²) in [5.41, 5.74) is -11.1. The molecule has 6 nitrogen and oxygen atoms in total. The maximum Gasteiger partial charge on any atom is 0.522 e. The lowest BCUT2D eigenvalue weighted by Gasteiger charge is -1.97. The molecule has 0 heterocycles. The minimum atomic E-state index is -5.84. The van der Waals surface area contributed by atoms with Crippen LogP contribution in [0.5, 0.6) is 0 Å². The van der Waals surface area contributed by atoms with Gasteiger partial charge >= 0.3 is 31.3 Å². The van der Waals surface area contributed by atoms with Crippen molar-refractivity contribution < 1.29 is 52.3 Å². The van der Waals surface area contributed by atoms with Crippen LogP contribution in [0.25, 0.3) is 10.8 Å². The van der Waals surface area contributed by atoms with Gasteiger partial charge in [-0.25, -0.2) is 0 Å². The first-order valence-electron chi connectivity index (χ1n) is 5.98. The highest BCUT2D eigenvalue weighted by atomic mass is 32.2. The van der Waals surface area contributed by atoms with Crippen LogP contribution in [0.1, 0.15) is 0 Å². The van der Waals surface area contributed by atoms with Crippen molar-refractivity contribution in [3.63, 3.8) is 0 Å². The van der Waals surface area contributed by atoms with Crippen molar-refractivity contribution in [2.45, 2.75) is 11.0 Å². The fraction of sp³-hybridized carbons (Fsp3) is 0.167. The van der Waals surface area contributed by atoms with Gasteiger partial charge in [0.1, 0.15) is 0 Å². The van der Waals surface area contributed by atoms with E-state index in [2.05, 4.69) is 48.5 Å². The Balaban J connectivity index is 0.000000366. The maximum atomic E-state index is 10.7. The Morgan fingerprint density at radius 2 is 0.731 bits per heavy atom. The summed E-state index contributed by atoms with van der Waals surface area (Å²) in [5.74, 6) is 0. The Bertz CT molecular complexity index is 812. The van der Waals surface area contributed by atoms with E-state index in [0.29, 0.717) is 0 Å². The summed E-state index contributed by atoms with van der Waals surface area (Å²) >= 11 is 0. The first-order chi connectivity index (χ1) is 11.5. The molecule has 2 N–H and O–H groups in total. The van der Waals surface area contributed by atoms with Crippen LogP contribution in [0.15, 0.2) is 48.5 Å². The second-order valence-electron chi connectivity index (χ2n) is 4.19. The lowest BCUT2D eigenvalue weighted by Crippen LogP contribution is -2.21.